The van der Waals surface area contributed by atoms with Gasteiger partial charge in [-0.1, -0.05) is 176 Å². The van der Waals surface area contributed by atoms with E-state index in [9.17, 15) is 0 Å². The third kappa shape index (κ3) is 4.23. The van der Waals surface area contributed by atoms with Crippen LogP contribution in [0.2, 0.25) is 0 Å². The Morgan fingerprint density at radius 1 is 0.239 bits per heavy atom. The molecule has 0 saturated heterocycles. The molecule has 9 rings (SSSR count). The van der Waals surface area contributed by atoms with Crippen molar-refractivity contribution in [1.29, 1.82) is 0 Å². The summed E-state index contributed by atoms with van der Waals surface area (Å²) in [5.41, 5.74) is 10.0. The highest BCUT2D eigenvalue weighted by atomic mass is 14.2. The molecule has 0 saturated carbocycles. The molecule has 0 aliphatic rings. The van der Waals surface area contributed by atoms with E-state index in [1.165, 1.54) is 87.6 Å². The van der Waals surface area contributed by atoms with Gasteiger partial charge in [0.25, 0.3) is 0 Å². The van der Waals surface area contributed by atoms with Crippen molar-refractivity contribution in [3.63, 3.8) is 0 Å². The van der Waals surface area contributed by atoms with Gasteiger partial charge in [-0.2, -0.15) is 0 Å². The molecule has 0 heterocycles. The molecule has 9 aromatic carbocycles. The van der Waals surface area contributed by atoms with Crippen molar-refractivity contribution < 1.29 is 0 Å². The molecule has 214 valence electrons. The summed E-state index contributed by atoms with van der Waals surface area (Å²) in [6.07, 6.45) is 0. The van der Waals surface area contributed by atoms with Crippen LogP contribution in [0, 0.1) is 0 Å². The average molecular weight is 583 g/mol. The van der Waals surface area contributed by atoms with Crippen LogP contribution >= 0.6 is 0 Å². The molecule has 0 heteroatoms. The van der Waals surface area contributed by atoms with Crippen LogP contribution < -0.4 is 0 Å². The second kappa shape index (κ2) is 10.9. The van der Waals surface area contributed by atoms with Crippen LogP contribution in [0.25, 0.3) is 87.6 Å². The van der Waals surface area contributed by atoms with Gasteiger partial charge in [-0.3, -0.25) is 0 Å². The number of hydrogen-bond donors (Lipinski definition) is 0. The predicted molar refractivity (Wildman–Crippen MR) is 198 cm³/mol. The first-order valence-corrected chi connectivity index (χ1v) is 15.9. The van der Waals surface area contributed by atoms with Gasteiger partial charge in [0.1, 0.15) is 0 Å². The van der Waals surface area contributed by atoms with Gasteiger partial charge in [-0.05, 0) is 93.7 Å². The zero-order chi connectivity index (χ0) is 30.5. The standard InChI is InChI=1S/C46H30/c1-3-14-31(15-4-1)34-19-13-20-35(30-34)44-40-24-11-12-25-41(40)46(45-37-21-8-7-18-33(37)26-27-43(44)45)42-29-28-36(32-16-5-2-6-17-32)38-22-9-10-23-39(38)42/h1-30H. The highest BCUT2D eigenvalue weighted by Crippen LogP contribution is 2.48. The lowest BCUT2D eigenvalue weighted by Crippen LogP contribution is -1.94. The Hall–Kier alpha value is -5.98. The van der Waals surface area contributed by atoms with Gasteiger partial charge in [0.2, 0.25) is 0 Å². The van der Waals surface area contributed by atoms with Crippen molar-refractivity contribution in [2.24, 2.45) is 0 Å². The van der Waals surface area contributed by atoms with Crippen molar-refractivity contribution in [1.82, 2.24) is 0 Å². The van der Waals surface area contributed by atoms with E-state index in [-0.39, 0.29) is 0 Å². The van der Waals surface area contributed by atoms with Gasteiger partial charge in [-0.15, -0.1) is 0 Å². The summed E-state index contributed by atoms with van der Waals surface area (Å²) >= 11 is 0. The lowest BCUT2D eigenvalue weighted by Gasteiger charge is -2.21. The lowest BCUT2D eigenvalue weighted by molar-refractivity contribution is 1.61. The minimum absolute atomic E-state index is 1.22. The highest BCUT2D eigenvalue weighted by Gasteiger charge is 2.21. The summed E-state index contributed by atoms with van der Waals surface area (Å²) in [6, 6.07) is 66.5. The fraction of sp³-hybridized carbons (Fsp3) is 0. The molecule has 0 atom stereocenters. The summed E-state index contributed by atoms with van der Waals surface area (Å²) in [6.45, 7) is 0. The van der Waals surface area contributed by atoms with Crippen LogP contribution in [0.3, 0.4) is 0 Å². The van der Waals surface area contributed by atoms with E-state index in [0.29, 0.717) is 0 Å². The zero-order valence-electron chi connectivity index (χ0n) is 25.3. The van der Waals surface area contributed by atoms with Crippen LogP contribution in [-0.4, -0.2) is 0 Å². The normalized spacial score (nSPS) is 11.5. The van der Waals surface area contributed by atoms with Gasteiger partial charge >= 0.3 is 0 Å². The number of hydrogen-bond acceptors (Lipinski definition) is 0. The van der Waals surface area contributed by atoms with E-state index in [4.69, 9.17) is 0 Å². The first-order chi connectivity index (χ1) is 22.8. The molecule has 0 unspecified atom stereocenters. The molecule has 0 N–H and O–H groups in total. The van der Waals surface area contributed by atoms with Crippen LogP contribution in [0.5, 0.6) is 0 Å². The van der Waals surface area contributed by atoms with Crippen molar-refractivity contribution in [3.8, 4) is 44.5 Å². The largest absolute Gasteiger partial charge is 0.0622 e. The molecule has 0 radical (unpaired) electrons. The quantitative estimate of drug-likeness (QED) is 0.143. The number of benzene rings is 9. The van der Waals surface area contributed by atoms with Crippen molar-refractivity contribution in [2.75, 3.05) is 0 Å². The first kappa shape index (κ1) is 26.4. The van der Waals surface area contributed by atoms with Crippen LogP contribution in [0.4, 0.5) is 0 Å². The molecule has 0 amide bonds. The van der Waals surface area contributed by atoms with Crippen molar-refractivity contribution in [2.45, 2.75) is 0 Å². The van der Waals surface area contributed by atoms with Gasteiger partial charge in [-0.25, -0.2) is 0 Å². The average Bonchev–Trinajstić information content (AvgIpc) is 3.14. The van der Waals surface area contributed by atoms with Gasteiger partial charge < -0.3 is 0 Å². The Balaban J connectivity index is 1.43. The Labute approximate surface area is 268 Å². The summed E-state index contributed by atoms with van der Waals surface area (Å²) in [7, 11) is 0. The number of fused-ring (bicyclic) bond motifs is 5. The monoisotopic (exact) mass is 582 g/mol. The minimum Gasteiger partial charge on any atom is -0.0622 e. The van der Waals surface area contributed by atoms with Crippen molar-refractivity contribution >= 4 is 43.1 Å². The molecule has 9 aromatic rings. The molecule has 0 spiro atoms. The molecule has 0 aliphatic carbocycles. The second-order valence-corrected chi connectivity index (χ2v) is 12.0. The van der Waals surface area contributed by atoms with Crippen LogP contribution in [-0.2, 0) is 0 Å². The highest BCUT2D eigenvalue weighted by molar-refractivity contribution is 6.29. The third-order valence-electron chi connectivity index (χ3n) is 9.45. The van der Waals surface area contributed by atoms with E-state index in [0.717, 1.165) is 0 Å². The van der Waals surface area contributed by atoms with E-state index in [2.05, 4.69) is 182 Å². The second-order valence-electron chi connectivity index (χ2n) is 12.0. The molecule has 46 heavy (non-hydrogen) atoms. The number of rotatable bonds is 4. The van der Waals surface area contributed by atoms with Crippen LogP contribution in [0.15, 0.2) is 182 Å². The molecular formula is C46H30. The maximum atomic E-state index is 2.36. The Morgan fingerprint density at radius 3 is 1.50 bits per heavy atom. The molecule has 0 aromatic heterocycles. The van der Waals surface area contributed by atoms with E-state index in [1.807, 2.05) is 0 Å². The third-order valence-corrected chi connectivity index (χ3v) is 9.45. The summed E-state index contributed by atoms with van der Waals surface area (Å²) in [5, 5.41) is 10.2. The van der Waals surface area contributed by atoms with Crippen LogP contribution in [0.1, 0.15) is 0 Å². The smallest absolute Gasteiger partial charge is 0.00139 e. The first-order valence-electron chi connectivity index (χ1n) is 15.9. The predicted octanol–water partition coefficient (Wildman–Crippen LogP) is 13.0. The summed E-state index contributed by atoms with van der Waals surface area (Å²) < 4.78 is 0. The topological polar surface area (TPSA) is 0 Å². The SMILES string of the molecule is c1ccc(-c2cccc(-c3c4ccccc4c(-c4ccc(-c5ccccc5)c5ccccc45)c4c3ccc3ccccc34)c2)cc1. The summed E-state index contributed by atoms with van der Waals surface area (Å²) in [4.78, 5) is 0. The Bertz CT molecular complexity index is 2560. The van der Waals surface area contributed by atoms with Gasteiger partial charge in [0.15, 0.2) is 0 Å². The Morgan fingerprint density at radius 2 is 0.761 bits per heavy atom. The fourth-order valence-corrected chi connectivity index (χ4v) is 7.41. The maximum Gasteiger partial charge on any atom is -0.00139 e. The van der Waals surface area contributed by atoms with E-state index in [1.54, 1.807) is 0 Å². The summed E-state index contributed by atoms with van der Waals surface area (Å²) in [5.74, 6) is 0. The molecule has 0 bridgehead atoms. The molecule has 0 nitrogen and oxygen atoms in total. The lowest BCUT2D eigenvalue weighted by atomic mass is 9.82. The van der Waals surface area contributed by atoms with E-state index < -0.39 is 0 Å². The zero-order valence-corrected chi connectivity index (χ0v) is 25.3. The fourth-order valence-electron chi connectivity index (χ4n) is 7.41. The molecular weight excluding hydrogens is 553 g/mol. The Kier molecular flexibility index (Phi) is 6.25. The van der Waals surface area contributed by atoms with Gasteiger partial charge in [0.05, 0.1) is 0 Å². The maximum absolute atomic E-state index is 2.36. The molecule has 0 aliphatic heterocycles. The van der Waals surface area contributed by atoms with E-state index >= 15 is 0 Å². The van der Waals surface area contributed by atoms with Gasteiger partial charge in [0, 0.05) is 0 Å². The minimum atomic E-state index is 1.22. The molecule has 0 fully saturated rings. The van der Waals surface area contributed by atoms with Crippen molar-refractivity contribution in [3.05, 3.63) is 182 Å².